The summed E-state index contributed by atoms with van der Waals surface area (Å²) in [7, 11) is 0. The number of thioether (sulfide) groups is 1. The van der Waals surface area contributed by atoms with Crippen LogP contribution in [0.3, 0.4) is 0 Å². The van der Waals surface area contributed by atoms with Crippen LogP contribution < -0.4 is 10.6 Å². The minimum absolute atomic E-state index is 0.00758. The minimum atomic E-state index is -0.666. The third kappa shape index (κ3) is 4.05. The second kappa shape index (κ2) is 9.29. The maximum absolute atomic E-state index is 13.7. The molecule has 1 aromatic carbocycles. The summed E-state index contributed by atoms with van der Waals surface area (Å²) in [6.45, 7) is 6.41. The van der Waals surface area contributed by atoms with Crippen molar-refractivity contribution in [2.75, 3.05) is 13.2 Å². The third-order valence-corrected chi connectivity index (χ3v) is 9.55. The molecule has 3 unspecified atom stereocenters. The van der Waals surface area contributed by atoms with E-state index in [0.29, 0.717) is 6.54 Å². The smallest absolute Gasteiger partial charge is 0.244 e. The summed E-state index contributed by atoms with van der Waals surface area (Å²) >= 11 is 1.65. The zero-order valence-electron chi connectivity index (χ0n) is 19.7. The Balaban J connectivity index is 1.61. The molecule has 3 amide bonds. The van der Waals surface area contributed by atoms with E-state index >= 15 is 0 Å². The number of aliphatic hydroxyl groups is 1. The molecule has 3 aliphatic rings. The van der Waals surface area contributed by atoms with Gasteiger partial charge in [0.1, 0.15) is 6.04 Å². The number of carbonyl (C=O) groups excluding carboxylic acids is 3. The van der Waals surface area contributed by atoms with Gasteiger partial charge in [-0.25, -0.2) is 0 Å². The zero-order chi connectivity index (χ0) is 23.8. The van der Waals surface area contributed by atoms with Gasteiger partial charge in [-0.1, -0.05) is 43.7 Å². The number of hydrogen-bond donors (Lipinski definition) is 3. The van der Waals surface area contributed by atoms with Crippen LogP contribution in [0.25, 0.3) is 0 Å². The van der Waals surface area contributed by atoms with Crippen molar-refractivity contribution >= 4 is 29.5 Å². The molecule has 33 heavy (non-hydrogen) atoms. The van der Waals surface area contributed by atoms with Crippen LogP contribution in [0.2, 0.25) is 0 Å². The number of amides is 3. The second-order valence-electron chi connectivity index (χ2n) is 9.88. The highest BCUT2D eigenvalue weighted by molar-refractivity contribution is 8.02. The van der Waals surface area contributed by atoms with Crippen molar-refractivity contribution < 1.29 is 19.5 Å². The molecular weight excluding hydrogens is 438 g/mol. The lowest BCUT2D eigenvalue weighted by Crippen LogP contribution is -2.55. The first-order valence-corrected chi connectivity index (χ1v) is 12.8. The predicted octanol–water partition coefficient (Wildman–Crippen LogP) is 2.08. The summed E-state index contributed by atoms with van der Waals surface area (Å²) in [6, 6.07) is 9.06. The van der Waals surface area contributed by atoms with Crippen molar-refractivity contribution in [1.29, 1.82) is 0 Å². The lowest BCUT2D eigenvalue weighted by Gasteiger charge is -2.35. The molecule has 8 heteroatoms. The van der Waals surface area contributed by atoms with Gasteiger partial charge in [0.15, 0.2) is 0 Å². The summed E-state index contributed by atoms with van der Waals surface area (Å²) < 4.78 is -1.02. The predicted molar refractivity (Wildman–Crippen MR) is 128 cm³/mol. The topological polar surface area (TPSA) is 98.7 Å². The summed E-state index contributed by atoms with van der Waals surface area (Å²) in [6.07, 6.45) is 3.31. The van der Waals surface area contributed by atoms with Crippen molar-refractivity contribution in [2.45, 2.75) is 74.6 Å². The fourth-order valence-electron chi connectivity index (χ4n) is 6.20. The number of aliphatic hydroxyl groups excluding tert-OH is 1. The molecule has 4 rings (SSSR count). The third-order valence-electron chi connectivity index (χ3n) is 7.57. The molecule has 1 aromatic rings. The summed E-state index contributed by atoms with van der Waals surface area (Å²) in [5.41, 5.74) is 1.00. The Labute approximate surface area is 200 Å². The average molecular weight is 474 g/mol. The van der Waals surface area contributed by atoms with Crippen LogP contribution in [0.1, 0.15) is 52.0 Å². The van der Waals surface area contributed by atoms with Crippen molar-refractivity contribution in [2.24, 2.45) is 11.8 Å². The number of hydrogen-bond acceptors (Lipinski definition) is 5. The second-order valence-corrected chi connectivity index (χ2v) is 11.8. The maximum Gasteiger partial charge on any atom is 0.244 e. The largest absolute Gasteiger partial charge is 0.395 e. The highest BCUT2D eigenvalue weighted by Crippen LogP contribution is 2.71. The van der Waals surface area contributed by atoms with Crippen molar-refractivity contribution in [3.63, 3.8) is 0 Å². The minimum Gasteiger partial charge on any atom is -0.395 e. The van der Waals surface area contributed by atoms with Crippen LogP contribution >= 0.6 is 11.8 Å². The summed E-state index contributed by atoms with van der Waals surface area (Å²) in [5.74, 6) is -1.52. The lowest BCUT2D eigenvalue weighted by molar-refractivity contribution is -0.141. The van der Waals surface area contributed by atoms with Gasteiger partial charge in [-0.3, -0.25) is 14.4 Å². The van der Waals surface area contributed by atoms with Gasteiger partial charge in [0.25, 0.3) is 0 Å². The van der Waals surface area contributed by atoms with E-state index in [4.69, 9.17) is 0 Å². The Hall–Kier alpha value is -2.06. The molecule has 0 radical (unpaired) electrons. The molecule has 0 aliphatic carbocycles. The Kier molecular flexibility index (Phi) is 6.78. The van der Waals surface area contributed by atoms with Crippen LogP contribution in [-0.4, -0.2) is 62.5 Å². The van der Waals surface area contributed by atoms with E-state index in [9.17, 15) is 19.5 Å². The molecule has 0 saturated carbocycles. The molecule has 3 aliphatic heterocycles. The van der Waals surface area contributed by atoms with E-state index in [1.165, 1.54) is 4.90 Å². The number of likely N-dealkylation sites (tertiary alicyclic amines) is 1. The zero-order valence-corrected chi connectivity index (χ0v) is 20.5. The van der Waals surface area contributed by atoms with Crippen LogP contribution in [0.4, 0.5) is 0 Å². The molecule has 3 heterocycles. The Morgan fingerprint density at radius 3 is 2.64 bits per heavy atom. The molecule has 3 N–H and O–H groups in total. The van der Waals surface area contributed by atoms with Crippen molar-refractivity contribution in [3.05, 3.63) is 35.9 Å². The lowest BCUT2D eigenvalue weighted by atomic mass is 9.66. The first kappa shape index (κ1) is 24.1. The highest BCUT2D eigenvalue weighted by atomic mass is 32.2. The highest BCUT2D eigenvalue weighted by Gasteiger charge is 2.77. The quantitative estimate of drug-likeness (QED) is 0.510. The van der Waals surface area contributed by atoms with Gasteiger partial charge in [-0.05, 0) is 38.7 Å². The Morgan fingerprint density at radius 1 is 1.24 bits per heavy atom. The number of nitrogens with one attached hydrogen (secondary N) is 2. The number of nitrogens with zero attached hydrogens (tertiary/aromatic N) is 1. The molecule has 3 saturated heterocycles. The van der Waals surface area contributed by atoms with Crippen molar-refractivity contribution in [1.82, 2.24) is 15.5 Å². The van der Waals surface area contributed by atoms with Gasteiger partial charge in [0.2, 0.25) is 17.7 Å². The Morgan fingerprint density at radius 2 is 1.97 bits per heavy atom. The standard InChI is InChI=1S/C25H35N3O4S/c1-4-8-16(2)27-22(31)20-25-12-11-24(3,33-25)18(19(25)23(32)28(20)13-14-29)21(30)26-15-17-9-6-5-7-10-17/h5-7,9-10,16,18-20,29H,4,8,11-15H2,1-3H3,(H,26,30)(H,27,31)/t16?,18-,19+,20?,24+,25?/m1/s1. The fourth-order valence-corrected chi connectivity index (χ4v) is 8.55. The molecule has 3 fully saturated rings. The van der Waals surface area contributed by atoms with Gasteiger partial charge in [-0.15, -0.1) is 11.8 Å². The summed E-state index contributed by atoms with van der Waals surface area (Å²) in [4.78, 5) is 42.1. The van der Waals surface area contributed by atoms with Gasteiger partial charge >= 0.3 is 0 Å². The normalized spacial score (nSPS) is 33.2. The fraction of sp³-hybridized carbons (Fsp3) is 0.640. The van der Waals surface area contributed by atoms with Gasteiger partial charge in [0.05, 0.1) is 23.2 Å². The van der Waals surface area contributed by atoms with Crippen molar-refractivity contribution in [3.8, 4) is 0 Å². The van der Waals surface area contributed by atoms with Gasteiger partial charge in [-0.2, -0.15) is 0 Å². The first-order chi connectivity index (χ1) is 15.8. The van der Waals surface area contributed by atoms with Gasteiger partial charge in [0, 0.05) is 23.9 Å². The molecule has 7 nitrogen and oxygen atoms in total. The number of benzene rings is 1. The molecular formula is C25H35N3O4S. The van der Waals surface area contributed by atoms with Crippen LogP contribution in [0, 0.1) is 11.8 Å². The molecule has 2 bridgehead atoms. The van der Waals surface area contributed by atoms with E-state index in [-0.39, 0.29) is 41.7 Å². The van der Waals surface area contributed by atoms with Crippen LogP contribution in [0.5, 0.6) is 0 Å². The van der Waals surface area contributed by atoms with E-state index in [0.717, 1.165) is 31.2 Å². The van der Waals surface area contributed by atoms with E-state index in [2.05, 4.69) is 24.5 Å². The first-order valence-electron chi connectivity index (χ1n) is 12.0. The van der Waals surface area contributed by atoms with Crippen LogP contribution in [0.15, 0.2) is 30.3 Å². The van der Waals surface area contributed by atoms with Crippen LogP contribution in [-0.2, 0) is 20.9 Å². The van der Waals surface area contributed by atoms with E-state index in [1.807, 2.05) is 37.3 Å². The van der Waals surface area contributed by atoms with Gasteiger partial charge < -0.3 is 20.6 Å². The number of fused-ring (bicyclic) bond motifs is 1. The molecule has 180 valence electrons. The average Bonchev–Trinajstić information content (AvgIpc) is 3.34. The SMILES string of the molecule is CCCC(C)NC(=O)C1N(CCO)C(=O)[C@@H]2[C@H](C(=O)NCc3ccccc3)[C@]3(C)CCC12S3. The Bertz CT molecular complexity index is 912. The monoisotopic (exact) mass is 473 g/mol. The maximum atomic E-state index is 13.7. The molecule has 6 atom stereocenters. The molecule has 0 aromatic heterocycles. The van der Waals surface area contributed by atoms with E-state index < -0.39 is 22.6 Å². The summed E-state index contributed by atoms with van der Waals surface area (Å²) in [5, 5.41) is 15.8. The number of rotatable bonds is 9. The van der Waals surface area contributed by atoms with E-state index in [1.54, 1.807) is 11.8 Å². The number of carbonyl (C=O) groups is 3. The number of β-amino-alcohol motifs (C(OH)–C–C–N with tert-alkyl or cyclic N) is 1. The molecule has 1 spiro atoms.